The molecule has 0 radical (unpaired) electrons. The number of halogens is 2. The SMILES string of the molecule is COc1cccc(CN(C)S(=O)(=O)c2ccc(OC(C)(C)C)c3ncccc23)c1.O=S(=O)(Cl)c1ccc(F)c2ncccc12. The zero-order chi connectivity index (χ0) is 32.3. The summed E-state index contributed by atoms with van der Waals surface area (Å²) in [4.78, 5) is 8.21. The van der Waals surface area contributed by atoms with Gasteiger partial charge in [0, 0.05) is 47.4 Å². The number of aromatic nitrogens is 2. The second kappa shape index (κ2) is 13.0. The Kier molecular flexibility index (Phi) is 9.79. The lowest BCUT2D eigenvalue weighted by Crippen LogP contribution is -2.27. The summed E-state index contributed by atoms with van der Waals surface area (Å²) >= 11 is 0. The van der Waals surface area contributed by atoms with Crippen LogP contribution in [-0.2, 0) is 25.6 Å². The Morgan fingerprint density at radius 2 is 1.45 bits per heavy atom. The molecule has 0 aliphatic carbocycles. The molecule has 13 heteroatoms. The van der Waals surface area contributed by atoms with Crippen LogP contribution < -0.4 is 9.47 Å². The van der Waals surface area contributed by atoms with E-state index in [0.717, 1.165) is 17.7 Å². The van der Waals surface area contributed by atoms with E-state index >= 15 is 0 Å². The van der Waals surface area contributed by atoms with Gasteiger partial charge in [0.25, 0.3) is 9.05 Å². The van der Waals surface area contributed by atoms with Gasteiger partial charge >= 0.3 is 0 Å². The van der Waals surface area contributed by atoms with E-state index in [2.05, 4.69) is 9.97 Å². The van der Waals surface area contributed by atoms with Crippen LogP contribution in [0.25, 0.3) is 21.8 Å². The fourth-order valence-electron chi connectivity index (χ4n) is 4.36. The maximum atomic E-state index is 13.3. The highest BCUT2D eigenvalue weighted by atomic mass is 35.7. The van der Waals surface area contributed by atoms with Crippen LogP contribution in [0.2, 0.25) is 0 Å². The van der Waals surface area contributed by atoms with Crippen LogP contribution in [0, 0.1) is 5.82 Å². The standard InChI is InChI=1S/C22H26N2O4S.C9H5ClFNO2S/c1-22(2,3)28-19-11-12-20(18-10-7-13-23-21(18)19)29(25,26)24(4)15-16-8-6-9-17(14-16)27-5;10-15(13,14)8-4-3-7(11)9-6(8)2-1-5-12-9/h6-14H,15H2,1-5H3;1-5H. The van der Waals surface area contributed by atoms with Crippen molar-refractivity contribution in [3.63, 3.8) is 0 Å². The fraction of sp³-hybridized carbons (Fsp3) is 0.226. The molecule has 2 heterocycles. The van der Waals surface area contributed by atoms with Crippen LogP contribution in [0.5, 0.6) is 11.5 Å². The third kappa shape index (κ3) is 7.62. The van der Waals surface area contributed by atoms with Gasteiger partial charge in [-0.15, -0.1) is 0 Å². The van der Waals surface area contributed by atoms with E-state index in [1.165, 1.54) is 22.6 Å². The molecule has 0 unspecified atom stereocenters. The Morgan fingerprint density at radius 1 is 0.841 bits per heavy atom. The molecule has 2 aromatic heterocycles. The molecule has 3 aromatic carbocycles. The van der Waals surface area contributed by atoms with Gasteiger partial charge < -0.3 is 9.47 Å². The summed E-state index contributed by atoms with van der Waals surface area (Å²) in [5.41, 5.74) is 0.941. The van der Waals surface area contributed by atoms with Crippen molar-refractivity contribution in [2.75, 3.05) is 14.2 Å². The van der Waals surface area contributed by atoms with Gasteiger partial charge in [0.05, 0.1) is 16.9 Å². The van der Waals surface area contributed by atoms with Crippen LogP contribution in [0.4, 0.5) is 4.39 Å². The molecular weight excluding hydrogens is 629 g/mol. The minimum absolute atomic E-state index is 0.000718. The van der Waals surface area contributed by atoms with Crippen molar-refractivity contribution in [1.29, 1.82) is 0 Å². The van der Waals surface area contributed by atoms with Gasteiger partial charge in [-0.05, 0) is 87.0 Å². The molecule has 0 fully saturated rings. The third-order valence-corrected chi connectivity index (χ3v) is 9.52. The smallest absolute Gasteiger partial charge is 0.261 e. The molecule has 5 rings (SSSR count). The first-order chi connectivity index (χ1) is 20.6. The molecule has 0 spiro atoms. The van der Waals surface area contributed by atoms with Crippen LogP contribution in [0.3, 0.4) is 0 Å². The minimum atomic E-state index is -3.88. The molecule has 0 atom stereocenters. The average Bonchev–Trinajstić information content (AvgIpc) is 2.96. The Morgan fingerprint density at radius 3 is 2.07 bits per heavy atom. The van der Waals surface area contributed by atoms with E-state index in [0.29, 0.717) is 22.4 Å². The first-order valence-electron chi connectivity index (χ1n) is 13.3. The molecule has 0 saturated heterocycles. The van der Waals surface area contributed by atoms with Crippen molar-refractivity contribution in [2.24, 2.45) is 0 Å². The summed E-state index contributed by atoms with van der Waals surface area (Å²) in [6.45, 7) is 6.04. The molecule has 0 bridgehead atoms. The molecule has 0 aliphatic heterocycles. The molecule has 0 saturated carbocycles. The highest BCUT2D eigenvalue weighted by molar-refractivity contribution is 8.14. The number of methoxy groups -OCH3 is 1. The normalized spacial score (nSPS) is 12.2. The zero-order valence-electron chi connectivity index (χ0n) is 24.7. The van der Waals surface area contributed by atoms with Crippen molar-refractivity contribution >= 4 is 51.6 Å². The monoisotopic (exact) mass is 659 g/mol. The second-order valence-corrected chi connectivity index (χ2v) is 15.2. The molecule has 5 aromatic rings. The van der Waals surface area contributed by atoms with Crippen LogP contribution >= 0.6 is 10.7 Å². The molecule has 0 N–H and O–H groups in total. The fourth-order valence-corrected chi connectivity index (χ4v) is 6.76. The summed E-state index contributed by atoms with van der Waals surface area (Å²) in [6.07, 6.45) is 3.02. The van der Waals surface area contributed by atoms with Crippen LogP contribution in [0.1, 0.15) is 26.3 Å². The Bertz CT molecular complexity index is 2030. The second-order valence-electron chi connectivity index (χ2n) is 10.7. The number of hydrogen-bond donors (Lipinski definition) is 0. The van der Waals surface area contributed by atoms with E-state index in [9.17, 15) is 21.2 Å². The summed E-state index contributed by atoms with van der Waals surface area (Å²) in [7, 11) is 0.734. The summed E-state index contributed by atoms with van der Waals surface area (Å²) in [6, 6.07) is 19.2. The Labute approximate surface area is 260 Å². The molecule has 232 valence electrons. The van der Waals surface area contributed by atoms with E-state index in [1.54, 1.807) is 44.6 Å². The topological polar surface area (TPSA) is 116 Å². The predicted octanol–water partition coefficient (Wildman–Crippen LogP) is 6.54. The van der Waals surface area contributed by atoms with Gasteiger partial charge in [0.1, 0.15) is 34.0 Å². The molecular formula is C31H31ClFN3O6S2. The van der Waals surface area contributed by atoms with E-state index in [1.807, 2.05) is 45.0 Å². The van der Waals surface area contributed by atoms with Crippen LogP contribution in [0.15, 0.2) is 95.0 Å². The lowest BCUT2D eigenvalue weighted by Gasteiger charge is -2.23. The Hall–Kier alpha value is -3.84. The number of sulfonamides is 1. The number of rotatable bonds is 7. The van der Waals surface area contributed by atoms with E-state index < -0.39 is 30.5 Å². The van der Waals surface area contributed by atoms with E-state index in [-0.39, 0.29) is 27.2 Å². The highest BCUT2D eigenvalue weighted by Crippen LogP contribution is 2.33. The first kappa shape index (κ1) is 33.1. The lowest BCUT2D eigenvalue weighted by atomic mass is 10.1. The number of benzene rings is 3. The van der Waals surface area contributed by atoms with Gasteiger partial charge in [-0.3, -0.25) is 9.97 Å². The largest absolute Gasteiger partial charge is 0.497 e. The van der Waals surface area contributed by atoms with Crippen molar-refractivity contribution in [1.82, 2.24) is 14.3 Å². The van der Waals surface area contributed by atoms with Gasteiger partial charge in [-0.1, -0.05) is 12.1 Å². The lowest BCUT2D eigenvalue weighted by molar-refractivity contribution is 0.133. The maximum absolute atomic E-state index is 13.3. The van der Waals surface area contributed by atoms with Gasteiger partial charge in [0.15, 0.2) is 0 Å². The average molecular weight is 660 g/mol. The number of pyridine rings is 2. The van der Waals surface area contributed by atoms with Crippen LogP contribution in [-0.4, -0.2) is 50.9 Å². The molecule has 0 amide bonds. The Balaban J connectivity index is 0.000000246. The molecule has 9 nitrogen and oxygen atoms in total. The van der Waals surface area contributed by atoms with Gasteiger partial charge in [-0.25, -0.2) is 21.2 Å². The van der Waals surface area contributed by atoms with Gasteiger partial charge in [0.2, 0.25) is 10.0 Å². The number of hydrogen-bond acceptors (Lipinski definition) is 8. The summed E-state index contributed by atoms with van der Waals surface area (Å²) in [5.74, 6) is 0.670. The van der Waals surface area contributed by atoms with Gasteiger partial charge in [-0.2, -0.15) is 4.31 Å². The van der Waals surface area contributed by atoms with Crippen molar-refractivity contribution in [3.05, 3.63) is 96.6 Å². The predicted molar refractivity (Wildman–Crippen MR) is 169 cm³/mol. The minimum Gasteiger partial charge on any atom is -0.497 e. The third-order valence-electron chi connectivity index (χ3n) is 6.28. The summed E-state index contributed by atoms with van der Waals surface area (Å²) in [5, 5.41) is 0.722. The van der Waals surface area contributed by atoms with Crippen molar-refractivity contribution in [3.8, 4) is 11.5 Å². The highest BCUT2D eigenvalue weighted by Gasteiger charge is 2.26. The molecule has 0 aliphatic rings. The first-order valence-corrected chi connectivity index (χ1v) is 17.0. The summed E-state index contributed by atoms with van der Waals surface area (Å²) < 4.78 is 74.8. The van der Waals surface area contributed by atoms with Crippen molar-refractivity contribution < 1.29 is 30.7 Å². The number of nitrogens with zero attached hydrogens (tertiary/aromatic N) is 3. The maximum Gasteiger partial charge on any atom is 0.261 e. The number of ether oxygens (including phenoxy) is 2. The number of fused-ring (bicyclic) bond motifs is 2. The van der Waals surface area contributed by atoms with E-state index in [4.69, 9.17) is 20.2 Å². The quantitative estimate of drug-likeness (QED) is 0.181. The van der Waals surface area contributed by atoms with Crippen molar-refractivity contribution in [2.45, 2.75) is 42.7 Å². The zero-order valence-corrected chi connectivity index (χ0v) is 27.0. The molecule has 44 heavy (non-hydrogen) atoms.